The third-order valence-corrected chi connectivity index (χ3v) is 3.75. The average Bonchev–Trinajstić information content (AvgIpc) is 2.46. The first-order chi connectivity index (χ1) is 10.3. The summed E-state index contributed by atoms with van der Waals surface area (Å²) in [5.74, 6) is 0. The smallest absolute Gasteiger partial charge is 0.412 e. The zero-order valence-corrected chi connectivity index (χ0v) is 13.4. The van der Waals surface area contributed by atoms with Gasteiger partial charge in [0.15, 0.2) is 0 Å². The number of hydrogen-bond donors (Lipinski definition) is 2. The molecule has 0 aliphatic carbocycles. The first-order valence-electron chi connectivity index (χ1n) is 7.57. The van der Waals surface area contributed by atoms with Crippen molar-refractivity contribution in [2.75, 3.05) is 18.4 Å². The Morgan fingerprint density at radius 1 is 1.27 bits per heavy atom. The van der Waals surface area contributed by atoms with Crippen molar-refractivity contribution in [3.8, 4) is 6.07 Å². The second-order valence-corrected chi connectivity index (χ2v) is 6.65. The zero-order chi connectivity index (χ0) is 16.2. The predicted molar refractivity (Wildman–Crippen MR) is 85.7 cm³/mol. The Bertz CT molecular complexity index is 561. The van der Waals surface area contributed by atoms with E-state index in [1.807, 2.05) is 45.0 Å². The number of carbonyl (C=O) groups is 1. The van der Waals surface area contributed by atoms with Gasteiger partial charge >= 0.3 is 6.09 Å². The van der Waals surface area contributed by atoms with Gasteiger partial charge < -0.3 is 10.1 Å². The topological polar surface area (TPSA) is 74.1 Å². The van der Waals surface area contributed by atoms with E-state index < -0.39 is 17.1 Å². The van der Waals surface area contributed by atoms with E-state index in [0.717, 1.165) is 31.5 Å². The molecule has 22 heavy (non-hydrogen) atoms. The van der Waals surface area contributed by atoms with Gasteiger partial charge in [-0.3, -0.25) is 5.32 Å². The Morgan fingerprint density at radius 2 is 1.86 bits per heavy atom. The predicted octanol–water partition coefficient (Wildman–Crippen LogP) is 3.18. The van der Waals surface area contributed by atoms with Crippen LogP contribution in [0.4, 0.5) is 10.5 Å². The number of anilines is 1. The zero-order valence-electron chi connectivity index (χ0n) is 13.4. The number of rotatable bonds is 2. The Balaban J connectivity index is 2.07. The van der Waals surface area contributed by atoms with Crippen LogP contribution in [0.1, 0.15) is 39.2 Å². The van der Waals surface area contributed by atoms with Crippen molar-refractivity contribution in [1.29, 1.82) is 5.26 Å². The van der Waals surface area contributed by atoms with Crippen molar-refractivity contribution in [2.24, 2.45) is 0 Å². The molecule has 5 nitrogen and oxygen atoms in total. The van der Waals surface area contributed by atoms with Crippen molar-refractivity contribution < 1.29 is 9.53 Å². The van der Waals surface area contributed by atoms with E-state index >= 15 is 0 Å². The number of ether oxygens (including phenoxy) is 1. The Hall–Kier alpha value is -2.06. The van der Waals surface area contributed by atoms with Crippen LogP contribution < -0.4 is 10.6 Å². The first kappa shape index (κ1) is 16.3. The minimum absolute atomic E-state index is 0.421. The van der Waals surface area contributed by atoms with Crippen molar-refractivity contribution in [3.63, 3.8) is 0 Å². The third-order valence-electron chi connectivity index (χ3n) is 3.75. The van der Waals surface area contributed by atoms with Gasteiger partial charge in [0, 0.05) is 5.69 Å². The number of nitriles is 1. The van der Waals surface area contributed by atoms with Crippen molar-refractivity contribution in [1.82, 2.24) is 5.32 Å². The average molecular weight is 301 g/mol. The molecule has 0 spiro atoms. The maximum absolute atomic E-state index is 11.7. The molecule has 1 fully saturated rings. The number of nitrogens with zero attached hydrogens (tertiary/aromatic N) is 1. The Morgan fingerprint density at radius 3 is 2.36 bits per heavy atom. The van der Waals surface area contributed by atoms with Crippen LogP contribution in [0.3, 0.4) is 0 Å². The first-order valence-corrected chi connectivity index (χ1v) is 7.57. The monoisotopic (exact) mass is 301 g/mol. The van der Waals surface area contributed by atoms with E-state index in [1.165, 1.54) is 0 Å². The minimum atomic E-state index is -0.524. The van der Waals surface area contributed by atoms with Crippen LogP contribution in [0, 0.1) is 11.3 Å². The summed E-state index contributed by atoms with van der Waals surface area (Å²) in [6, 6.07) is 9.95. The van der Waals surface area contributed by atoms with Crippen LogP contribution >= 0.6 is 0 Å². The summed E-state index contributed by atoms with van der Waals surface area (Å²) in [5.41, 5.74) is 0.728. The van der Waals surface area contributed by atoms with Gasteiger partial charge in [-0.1, -0.05) is 12.1 Å². The van der Waals surface area contributed by atoms with Gasteiger partial charge in [-0.05, 0) is 64.4 Å². The van der Waals surface area contributed by atoms with Gasteiger partial charge in [0.1, 0.15) is 5.60 Å². The fourth-order valence-electron chi connectivity index (χ4n) is 2.61. The number of carbonyl (C=O) groups excluding carboxylic acids is 1. The molecule has 1 aliphatic rings. The summed E-state index contributed by atoms with van der Waals surface area (Å²) in [5, 5.41) is 15.6. The number of benzene rings is 1. The normalized spacial score (nSPS) is 17.4. The molecule has 1 saturated heterocycles. The molecule has 118 valence electrons. The molecule has 5 heteroatoms. The van der Waals surface area contributed by atoms with E-state index in [9.17, 15) is 10.1 Å². The molecule has 1 heterocycles. The van der Waals surface area contributed by atoms with Crippen LogP contribution in [-0.4, -0.2) is 24.8 Å². The van der Waals surface area contributed by atoms with Gasteiger partial charge in [-0.25, -0.2) is 4.79 Å². The third kappa shape index (κ3) is 3.99. The maximum Gasteiger partial charge on any atom is 0.412 e. The molecule has 1 aromatic carbocycles. The van der Waals surface area contributed by atoms with E-state index in [-0.39, 0.29) is 0 Å². The molecule has 2 rings (SSSR count). The van der Waals surface area contributed by atoms with Gasteiger partial charge in [0.05, 0.1) is 11.5 Å². The molecule has 1 aromatic rings. The molecular formula is C17H23N3O2. The Labute approximate surface area is 131 Å². The quantitative estimate of drug-likeness (QED) is 0.880. The lowest BCUT2D eigenvalue weighted by atomic mass is 9.74. The lowest BCUT2D eigenvalue weighted by molar-refractivity contribution is 0.0636. The number of amides is 1. The van der Waals surface area contributed by atoms with E-state index in [2.05, 4.69) is 16.7 Å². The van der Waals surface area contributed by atoms with Gasteiger partial charge in [0.2, 0.25) is 0 Å². The lowest BCUT2D eigenvalue weighted by Gasteiger charge is -2.31. The molecule has 1 amide bonds. The van der Waals surface area contributed by atoms with Crippen molar-refractivity contribution in [3.05, 3.63) is 29.8 Å². The summed E-state index contributed by atoms with van der Waals surface area (Å²) < 4.78 is 5.22. The summed E-state index contributed by atoms with van der Waals surface area (Å²) in [4.78, 5) is 11.7. The molecule has 2 N–H and O–H groups in total. The molecular weight excluding hydrogens is 278 g/mol. The van der Waals surface area contributed by atoms with Crippen molar-refractivity contribution >= 4 is 11.8 Å². The van der Waals surface area contributed by atoms with Crippen molar-refractivity contribution in [2.45, 2.75) is 44.6 Å². The van der Waals surface area contributed by atoms with E-state index in [0.29, 0.717) is 5.69 Å². The summed E-state index contributed by atoms with van der Waals surface area (Å²) in [6.07, 6.45) is 1.14. The standard InChI is InChI=1S/C17H23N3O2/c1-16(2,3)22-15(21)20-14-6-4-13(5-7-14)17(12-18)8-10-19-11-9-17/h4-7,19H,8-11H2,1-3H3,(H,20,21). The van der Waals surface area contributed by atoms with Crippen LogP contribution in [-0.2, 0) is 10.2 Å². The number of hydrogen-bond acceptors (Lipinski definition) is 4. The lowest BCUT2D eigenvalue weighted by Crippen LogP contribution is -2.38. The largest absolute Gasteiger partial charge is 0.444 e. The van der Waals surface area contributed by atoms with Gasteiger partial charge in [0.25, 0.3) is 0 Å². The van der Waals surface area contributed by atoms with E-state index in [1.54, 1.807) is 0 Å². The molecule has 1 aliphatic heterocycles. The minimum Gasteiger partial charge on any atom is -0.444 e. The highest BCUT2D eigenvalue weighted by atomic mass is 16.6. The molecule has 0 unspecified atom stereocenters. The highest BCUT2D eigenvalue weighted by Gasteiger charge is 2.33. The molecule has 0 radical (unpaired) electrons. The van der Waals surface area contributed by atoms with Crippen LogP contribution in [0.2, 0.25) is 0 Å². The van der Waals surface area contributed by atoms with E-state index in [4.69, 9.17) is 4.74 Å². The second kappa shape index (κ2) is 6.37. The highest BCUT2D eigenvalue weighted by Crippen LogP contribution is 2.33. The van der Waals surface area contributed by atoms with Crippen LogP contribution in [0.15, 0.2) is 24.3 Å². The fraction of sp³-hybridized carbons (Fsp3) is 0.529. The van der Waals surface area contributed by atoms with Crippen LogP contribution in [0.5, 0.6) is 0 Å². The number of nitrogens with one attached hydrogen (secondary N) is 2. The highest BCUT2D eigenvalue weighted by molar-refractivity contribution is 5.84. The second-order valence-electron chi connectivity index (χ2n) is 6.65. The van der Waals surface area contributed by atoms with Gasteiger partial charge in [-0.2, -0.15) is 5.26 Å². The molecule has 0 bridgehead atoms. The number of piperidine rings is 1. The fourth-order valence-corrected chi connectivity index (χ4v) is 2.61. The summed E-state index contributed by atoms with van der Waals surface area (Å²) in [7, 11) is 0. The van der Waals surface area contributed by atoms with Gasteiger partial charge in [-0.15, -0.1) is 0 Å². The maximum atomic E-state index is 11.7. The molecule has 0 atom stereocenters. The summed E-state index contributed by atoms with van der Waals surface area (Å²) in [6.45, 7) is 7.17. The SMILES string of the molecule is CC(C)(C)OC(=O)Nc1ccc(C2(C#N)CCNCC2)cc1. The van der Waals surface area contributed by atoms with Crippen LogP contribution in [0.25, 0.3) is 0 Å². The Kier molecular flexibility index (Phi) is 4.72. The molecule has 0 saturated carbocycles. The summed E-state index contributed by atoms with van der Waals surface area (Å²) >= 11 is 0. The molecule has 0 aromatic heterocycles.